The minimum Gasteiger partial charge on any atom is -0.497 e. The Hall–Kier alpha value is -3.84. The van der Waals surface area contributed by atoms with Gasteiger partial charge in [0.2, 0.25) is 0 Å². The van der Waals surface area contributed by atoms with Crippen LogP contribution in [0, 0.1) is 5.82 Å². The van der Waals surface area contributed by atoms with Crippen molar-refractivity contribution in [3.63, 3.8) is 0 Å². The van der Waals surface area contributed by atoms with E-state index in [1.165, 1.54) is 12.1 Å². The van der Waals surface area contributed by atoms with Gasteiger partial charge in [-0.2, -0.15) is 5.10 Å². The molecule has 0 unspecified atom stereocenters. The maximum Gasteiger partial charge on any atom is 0.256 e. The van der Waals surface area contributed by atoms with Crippen LogP contribution in [0.5, 0.6) is 11.5 Å². The summed E-state index contributed by atoms with van der Waals surface area (Å²) in [7, 11) is 1.61. The van der Waals surface area contributed by atoms with Gasteiger partial charge in [-0.05, 0) is 59.7 Å². The van der Waals surface area contributed by atoms with Gasteiger partial charge in [0.15, 0.2) is 5.82 Å². The standard InChI is InChI=1S/C25H21ClFN3O3/c1-32-21-10-12-22(13-11-21)33-16-18-2-6-19(7-3-18)25(31)28-24-23(26)15-30(29-24)14-17-4-8-20(27)9-5-17/h2-13,15H,14,16H2,1H3,(H,28,29,31). The number of anilines is 1. The third-order valence-electron chi connectivity index (χ3n) is 4.89. The summed E-state index contributed by atoms with van der Waals surface area (Å²) in [5.74, 6) is 1.12. The lowest BCUT2D eigenvalue weighted by Gasteiger charge is -2.08. The number of halogens is 2. The fourth-order valence-corrected chi connectivity index (χ4v) is 3.31. The van der Waals surface area contributed by atoms with Crippen LogP contribution in [0.2, 0.25) is 5.02 Å². The monoisotopic (exact) mass is 465 g/mol. The summed E-state index contributed by atoms with van der Waals surface area (Å²) in [5.41, 5.74) is 2.25. The van der Waals surface area contributed by atoms with Gasteiger partial charge in [0.05, 0.1) is 13.7 Å². The number of nitrogens with zero attached hydrogens (tertiary/aromatic N) is 2. The molecule has 0 fully saturated rings. The zero-order valence-electron chi connectivity index (χ0n) is 17.8. The highest BCUT2D eigenvalue weighted by atomic mass is 35.5. The summed E-state index contributed by atoms with van der Waals surface area (Å²) >= 11 is 6.23. The number of carbonyl (C=O) groups is 1. The Morgan fingerprint density at radius 3 is 2.27 bits per heavy atom. The second-order valence-corrected chi connectivity index (χ2v) is 7.67. The normalized spacial score (nSPS) is 10.6. The van der Waals surface area contributed by atoms with Crippen molar-refractivity contribution in [2.45, 2.75) is 13.2 Å². The molecule has 168 valence electrons. The smallest absolute Gasteiger partial charge is 0.256 e. The van der Waals surface area contributed by atoms with Gasteiger partial charge in [-0.1, -0.05) is 35.9 Å². The molecule has 0 radical (unpaired) electrons. The van der Waals surface area contributed by atoms with E-state index in [9.17, 15) is 9.18 Å². The molecule has 1 heterocycles. The topological polar surface area (TPSA) is 65.4 Å². The molecule has 3 aromatic carbocycles. The van der Waals surface area contributed by atoms with Crippen LogP contribution in [0.15, 0.2) is 79.0 Å². The van der Waals surface area contributed by atoms with Crippen molar-refractivity contribution in [3.8, 4) is 11.5 Å². The molecule has 8 heteroatoms. The summed E-state index contributed by atoms with van der Waals surface area (Å²) in [4.78, 5) is 12.6. The van der Waals surface area contributed by atoms with E-state index in [0.717, 1.165) is 22.6 Å². The van der Waals surface area contributed by atoms with Crippen molar-refractivity contribution in [2.24, 2.45) is 0 Å². The van der Waals surface area contributed by atoms with E-state index in [0.29, 0.717) is 23.7 Å². The Morgan fingerprint density at radius 1 is 0.970 bits per heavy atom. The number of benzene rings is 3. The van der Waals surface area contributed by atoms with Crippen LogP contribution in [-0.2, 0) is 13.2 Å². The first-order chi connectivity index (χ1) is 16.0. The fraction of sp³-hybridized carbons (Fsp3) is 0.120. The number of ether oxygens (including phenoxy) is 2. The lowest BCUT2D eigenvalue weighted by molar-refractivity contribution is 0.102. The van der Waals surface area contributed by atoms with Gasteiger partial charge < -0.3 is 14.8 Å². The molecule has 1 amide bonds. The van der Waals surface area contributed by atoms with Crippen LogP contribution in [-0.4, -0.2) is 22.8 Å². The van der Waals surface area contributed by atoms with Crippen LogP contribution in [0.25, 0.3) is 0 Å². The van der Waals surface area contributed by atoms with Gasteiger partial charge in [0.25, 0.3) is 5.91 Å². The lowest BCUT2D eigenvalue weighted by atomic mass is 10.1. The molecule has 33 heavy (non-hydrogen) atoms. The molecular formula is C25H21ClFN3O3. The lowest BCUT2D eigenvalue weighted by Crippen LogP contribution is -2.13. The number of rotatable bonds is 8. The van der Waals surface area contributed by atoms with Crippen LogP contribution < -0.4 is 14.8 Å². The van der Waals surface area contributed by atoms with E-state index >= 15 is 0 Å². The zero-order valence-corrected chi connectivity index (χ0v) is 18.6. The number of methoxy groups -OCH3 is 1. The molecule has 4 rings (SSSR count). The molecule has 0 spiro atoms. The van der Waals surface area contributed by atoms with Crippen LogP contribution >= 0.6 is 11.6 Å². The Kier molecular flexibility index (Phi) is 6.90. The predicted octanol–water partition coefficient (Wildman–Crippen LogP) is 5.56. The van der Waals surface area contributed by atoms with E-state index in [4.69, 9.17) is 21.1 Å². The number of carbonyl (C=O) groups excluding carboxylic acids is 1. The van der Waals surface area contributed by atoms with Crippen molar-refractivity contribution in [1.29, 1.82) is 0 Å². The van der Waals surface area contributed by atoms with E-state index in [-0.39, 0.29) is 17.5 Å². The van der Waals surface area contributed by atoms with Crippen molar-refractivity contribution < 1.29 is 18.7 Å². The second-order valence-electron chi connectivity index (χ2n) is 7.26. The Morgan fingerprint density at radius 2 is 1.61 bits per heavy atom. The summed E-state index contributed by atoms with van der Waals surface area (Å²) in [6.07, 6.45) is 1.61. The molecule has 1 N–H and O–H groups in total. The van der Waals surface area contributed by atoms with Gasteiger partial charge in [-0.15, -0.1) is 0 Å². The van der Waals surface area contributed by atoms with Crippen molar-refractivity contribution in [1.82, 2.24) is 9.78 Å². The van der Waals surface area contributed by atoms with Crippen LogP contribution in [0.1, 0.15) is 21.5 Å². The van der Waals surface area contributed by atoms with E-state index in [1.54, 1.807) is 42.3 Å². The predicted molar refractivity (Wildman–Crippen MR) is 124 cm³/mol. The highest BCUT2D eigenvalue weighted by molar-refractivity contribution is 6.33. The molecule has 1 aromatic heterocycles. The largest absolute Gasteiger partial charge is 0.497 e. The summed E-state index contributed by atoms with van der Waals surface area (Å²) in [6.45, 7) is 0.770. The maximum atomic E-state index is 13.1. The van der Waals surface area contributed by atoms with E-state index in [1.807, 2.05) is 36.4 Å². The minimum absolute atomic E-state index is 0.260. The summed E-state index contributed by atoms with van der Waals surface area (Å²) in [6, 6.07) is 20.5. The first-order valence-electron chi connectivity index (χ1n) is 10.1. The minimum atomic E-state index is -0.327. The van der Waals surface area contributed by atoms with Gasteiger partial charge in [0, 0.05) is 11.8 Å². The third-order valence-corrected chi connectivity index (χ3v) is 5.16. The number of aromatic nitrogens is 2. The number of hydrogen-bond donors (Lipinski definition) is 1. The van der Waals surface area contributed by atoms with Crippen LogP contribution in [0.4, 0.5) is 10.2 Å². The molecule has 0 aliphatic rings. The summed E-state index contributed by atoms with van der Waals surface area (Å²) in [5, 5.41) is 7.35. The quantitative estimate of drug-likeness (QED) is 0.370. The third kappa shape index (κ3) is 5.90. The molecule has 0 aliphatic carbocycles. The Bertz CT molecular complexity index is 1220. The molecule has 0 aliphatic heterocycles. The van der Waals surface area contributed by atoms with Crippen LogP contribution in [0.3, 0.4) is 0 Å². The molecule has 4 aromatic rings. The summed E-state index contributed by atoms with van der Waals surface area (Å²) < 4.78 is 25.5. The number of amides is 1. The average molecular weight is 466 g/mol. The van der Waals surface area contributed by atoms with Crippen molar-refractivity contribution in [2.75, 3.05) is 12.4 Å². The molecule has 0 bridgehead atoms. The van der Waals surface area contributed by atoms with Gasteiger partial charge >= 0.3 is 0 Å². The number of hydrogen-bond acceptors (Lipinski definition) is 4. The van der Waals surface area contributed by atoms with Gasteiger partial charge in [-0.3, -0.25) is 9.48 Å². The van der Waals surface area contributed by atoms with Crippen molar-refractivity contribution >= 4 is 23.3 Å². The molecule has 0 saturated carbocycles. The molecule has 0 saturated heterocycles. The van der Waals surface area contributed by atoms with Crippen molar-refractivity contribution in [3.05, 3.63) is 107 Å². The van der Waals surface area contributed by atoms with E-state index in [2.05, 4.69) is 10.4 Å². The molecule has 6 nitrogen and oxygen atoms in total. The van der Waals surface area contributed by atoms with Gasteiger partial charge in [-0.25, -0.2) is 4.39 Å². The highest BCUT2D eigenvalue weighted by Crippen LogP contribution is 2.22. The Labute approximate surface area is 195 Å². The van der Waals surface area contributed by atoms with Gasteiger partial charge in [0.1, 0.15) is 28.9 Å². The maximum absolute atomic E-state index is 13.1. The second kappa shape index (κ2) is 10.2. The molecular weight excluding hydrogens is 445 g/mol. The molecule has 0 atom stereocenters. The fourth-order valence-electron chi connectivity index (χ4n) is 3.11. The SMILES string of the molecule is COc1ccc(OCc2ccc(C(=O)Nc3nn(Cc4ccc(F)cc4)cc3Cl)cc2)cc1. The Balaban J connectivity index is 1.34. The first-order valence-corrected chi connectivity index (χ1v) is 10.5. The first kappa shape index (κ1) is 22.4. The number of nitrogens with one attached hydrogen (secondary N) is 1. The zero-order chi connectivity index (χ0) is 23.2. The highest BCUT2D eigenvalue weighted by Gasteiger charge is 2.13. The van der Waals surface area contributed by atoms with E-state index < -0.39 is 0 Å². The average Bonchev–Trinajstić information content (AvgIpc) is 3.18.